The molecule has 1 saturated heterocycles. The molecule has 1 aliphatic carbocycles. The van der Waals surface area contributed by atoms with Crippen molar-refractivity contribution in [3.05, 3.63) is 75.8 Å². The number of hydrogen-bond acceptors (Lipinski definition) is 7. The predicted molar refractivity (Wildman–Crippen MR) is 160 cm³/mol. The van der Waals surface area contributed by atoms with Crippen LogP contribution in [-0.4, -0.2) is 50.2 Å². The fraction of sp³-hybridized carbons (Fsp3) is 0.457. The average Bonchev–Trinajstić information content (AvgIpc) is 3.59. The zero-order chi connectivity index (χ0) is 31.9. The molecule has 2 heterocycles. The molecule has 45 heavy (non-hydrogen) atoms. The molecular formula is C35H37F3O7. The van der Waals surface area contributed by atoms with E-state index in [2.05, 4.69) is 0 Å². The van der Waals surface area contributed by atoms with E-state index in [1.807, 2.05) is 12.1 Å². The summed E-state index contributed by atoms with van der Waals surface area (Å²) in [4.78, 5) is 11.8. The van der Waals surface area contributed by atoms with Gasteiger partial charge in [0.25, 0.3) is 0 Å². The van der Waals surface area contributed by atoms with Gasteiger partial charge in [0.1, 0.15) is 35.6 Å². The Morgan fingerprint density at radius 1 is 1.00 bits per heavy atom. The van der Waals surface area contributed by atoms with Crippen LogP contribution in [-0.2, 0) is 26.9 Å². The fourth-order valence-electron chi connectivity index (χ4n) is 6.77. The molecule has 2 atom stereocenters. The Kier molecular flexibility index (Phi) is 8.47. The highest BCUT2D eigenvalue weighted by Crippen LogP contribution is 2.49. The third kappa shape index (κ3) is 6.35. The third-order valence-electron chi connectivity index (χ3n) is 9.13. The second-order valence-corrected chi connectivity index (χ2v) is 12.2. The molecule has 0 aromatic heterocycles. The number of aryl methyl sites for hydroxylation is 2. The number of methoxy groups -OCH3 is 1. The fourth-order valence-corrected chi connectivity index (χ4v) is 6.77. The second kappa shape index (κ2) is 12.2. The summed E-state index contributed by atoms with van der Waals surface area (Å²) in [7, 11) is 1.35. The van der Waals surface area contributed by atoms with Gasteiger partial charge in [0.05, 0.1) is 25.7 Å². The lowest BCUT2D eigenvalue weighted by Crippen LogP contribution is -2.41. The summed E-state index contributed by atoms with van der Waals surface area (Å²) in [5.74, 6) is 1.27. The minimum atomic E-state index is -4.55. The molecule has 2 unspecified atom stereocenters. The highest BCUT2D eigenvalue weighted by Gasteiger charge is 2.39. The molecule has 3 aromatic carbocycles. The van der Waals surface area contributed by atoms with Crippen molar-refractivity contribution in [2.75, 3.05) is 33.5 Å². The van der Waals surface area contributed by atoms with Crippen molar-refractivity contribution in [3.8, 4) is 28.4 Å². The Morgan fingerprint density at radius 3 is 2.40 bits per heavy atom. The van der Waals surface area contributed by atoms with Crippen molar-refractivity contribution in [3.63, 3.8) is 0 Å². The molecule has 1 fully saturated rings. The lowest BCUT2D eigenvalue weighted by atomic mass is 9.86. The van der Waals surface area contributed by atoms with E-state index in [-0.39, 0.29) is 30.5 Å². The highest BCUT2D eigenvalue weighted by atomic mass is 19.4. The molecule has 3 aromatic rings. The topological polar surface area (TPSA) is 83.5 Å². The molecule has 0 bridgehead atoms. The maximum Gasteiger partial charge on any atom is 0.417 e. The zero-order valence-electron chi connectivity index (χ0n) is 25.6. The standard InChI is InChI=1S/C35H37F3O7/c1-20-14-24(44-19-34(40)10-12-42-13-11-34)15-21(2)32(20)33-27-7-9-29(26(27)6-8-28(33)35(36,37)38)45-23-4-5-25-22(16-31(39)41-3)18-43-30(25)17-23/h4-6,8,14-15,17,22,29,40H,7,9-13,16,18-19H2,1-3H3. The van der Waals surface area contributed by atoms with Crippen LogP contribution in [0, 0.1) is 13.8 Å². The van der Waals surface area contributed by atoms with Gasteiger partial charge in [-0.05, 0) is 84.3 Å². The highest BCUT2D eigenvalue weighted by molar-refractivity contribution is 5.80. The number of carbonyl (C=O) groups excluding carboxylic acids is 1. The molecule has 0 spiro atoms. The van der Waals surface area contributed by atoms with Crippen LogP contribution in [0.3, 0.4) is 0 Å². The number of rotatable bonds is 8. The number of aliphatic hydroxyl groups is 1. The van der Waals surface area contributed by atoms with E-state index >= 15 is 0 Å². The predicted octanol–water partition coefficient (Wildman–Crippen LogP) is 7.01. The van der Waals surface area contributed by atoms with Crippen LogP contribution < -0.4 is 14.2 Å². The first kappa shape index (κ1) is 31.2. The minimum absolute atomic E-state index is 0.0851. The Labute approximate surface area is 260 Å². The number of ether oxygens (including phenoxy) is 5. The number of halogens is 3. The van der Waals surface area contributed by atoms with Crippen LogP contribution in [0.25, 0.3) is 11.1 Å². The smallest absolute Gasteiger partial charge is 0.417 e. The molecule has 0 amide bonds. The van der Waals surface area contributed by atoms with E-state index in [1.165, 1.54) is 13.2 Å². The molecule has 2 aliphatic heterocycles. The Balaban J connectivity index is 1.28. The van der Waals surface area contributed by atoms with Gasteiger partial charge in [-0.1, -0.05) is 12.1 Å². The van der Waals surface area contributed by atoms with Crippen LogP contribution in [0.2, 0.25) is 0 Å². The summed E-state index contributed by atoms with van der Waals surface area (Å²) >= 11 is 0. The van der Waals surface area contributed by atoms with Gasteiger partial charge in [-0.3, -0.25) is 4.79 Å². The first-order valence-electron chi connectivity index (χ1n) is 15.2. The van der Waals surface area contributed by atoms with Crippen LogP contribution in [0.1, 0.15) is 71.1 Å². The van der Waals surface area contributed by atoms with Crippen LogP contribution in [0.4, 0.5) is 13.2 Å². The summed E-state index contributed by atoms with van der Waals surface area (Å²) in [5, 5.41) is 10.8. The molecule has 3 aliphatic rings. The zero-order valence-corrected chi connectivity index (χ0v) is 25.6. The van der Waals surface area contributed by atoms with Crippen molar-refractivity contribution in [2.24, 2.45) is 0 Å². The molecule has 10 heteroatoms. The third-order valence-corrected chi connectivity index (χ3v) is 9.13. The van der Waals surface area contributed by atoms with E-state index in [0.29, 0.717) is 85.0 Å². The Morgan fingerprint density at radius 2 is 1.71 bits per heavy atom. The summed E-state index contributed by atoms with van der Waals surface area (Å²) in [6.07, 6.45) is -2.90. The molecule has 0 saturated carbocycles. The summed E-state index contributed by atoms with van der Waals surface area (Å²) in [6, 6.07) is 11.6. The summed E-state index contributed by atoms with van der Waals surface area (Å²) in [5.41, 5.74) is 2.60. The quantitative estimate of drug-likeness (QED) is 0.269. The SMILES string of the molecule is COC(=O)CC1COc2cc(OC3CCc4c3ccc(C(F)(F)F)c4-c3c(C)cc(OCC4(O)CCOCC4)cc3C)ccc21. The van der Waals surface area contributed by atoms with Gasteiger partial charge in [-0.15, -0.1) is 0 Å². The monoisotopic (exact) mass is 626 g/mol. The van der Waals surface area contributed by atoms with Crippen molar-refractivity contribution in [1.82, 2.24) is 0 Å². The van der Waals surface area contributed by atoms with Crippen molar-refractivity contribution < 1.29 is 46.8 Å². The number of esters is 1. The largest absolute Gasteiger partial charge is 0.492 e. The van der Waals surface area contributed by atoms with Gasteiger partial charge in [-0.2, -0.15) is 13.2 Å². The Hall–Kier alpha value is -3.76. The van der Waals surface area contributed by atoms with Crippen LogP contribution >= 0.6 is 0 Å². The summed E-state index contributed by atoms with van der Waals surface area (Å²) in [6.45, 7) is 4.94. The van der Waals surface area contributed by atoms with Crippen molar-refractivity contribution in [2.45, 2.75) is 69.8 Å². The van der Waals surface area contributed by atoms with Gasteiger partial charge in [0, 0.05) is 43.6 Å². The maximum absolute atomic E-state index is 14.5. The molecular weight excluding hydrogens is 589 g/mol. The van der Waals surface area contributed by atoms with E-state index in [1.54, 1.807) is 32.0 Å². The van der Waals surface area contributed by atoms with E-state index < -0.39 is 23.4 Å². The Bertz CT molecular complexity index is 1570. The summed E-state index contributed by atoms with van der Waals surface area (Å²) < 4.78 is 71.7. The molecule has 240 valence electrons. The maximum atomic E-state index is 14.5. The molecule has 1 N–H and O–H groups in total. The second-order valence-electron chi connectivity index (χ2n) is 12.2. The number of fused-ring (bicyclic) bond motifs is 2. The first-order chi connectivity index (χ1) is 21.5. The van der Waals surface area contributed by atoms with Crippen molar-refractivity contribution in [1.29, 1.82) is 0 Å². The van der Waals surface area contributed by atoms with Gasteiger partial charge in [0.15, 0.2) is 0 Å². The van der Waals surface area contributed by atoms with Crippen LogP contribution in [0.5, 0.6) is 17.2 Å². The van der Waals surface area contributed by atoms with E-state index in [0.717, 1.165) is 17.2 Å². The first-order valence-corrected chi connectivity index (χ1v) is 15.2. The molecule has 0 radical (unpaired) electrons. The van der Waals surface area contributed by atoms with Gasteiger partial charge < -0.3 is 28.8 Å². The van der Waals surface area contributed by atoms with Crippen LogP contribution in [0.15, 0.2) is 42.5 Å². The van der Waals surface area contributed by atoms with Gasteiger partial charge in [-0.25, -0.2) is 0 Å². The van der Waals surface area contributed by atoms with Crippen molar-refractivity contribution >= 4 is 5.97 Å². The van der Waals surface area contributed by atoms with Gasteiger partial charge >= 0.3 is 12.1 Å². The normalized spacial score (nSPS) is 20.2. The minimum Gasteiger partial charge on any atom is -0.492 e. The number of benzene rings is 3. The molecule has 7 nitrogen and oxygen atoms in total. The van der Waals surface area contributed by atoms with Gasteiger partial charge in [0.2, 0.25) is 0 Å². The average molecular weight is 627 g/mol. The number of alkyl halides is 3. The van der Waals surface area contributed by atoms with E-state index in [9.17, 15) is 23.1 Å². The van der Waals surface area contributed by atoms with E-state index in [4.69, 9.17) is 23.7 Å². The lowest BCUT2D eigenvalue weighted by Gasteiger charge is -2.31. The lowest BCUT2D eigenvalue weighted by molar-refractivity contribution is -0.141. The molecule has 6 rings (SSSR count). The number of hydrogen-bond donors (Lipinski definition) is 1. The number of carbonyl (C=O) groups is 1.